The second kappa shape index (κ2) is 8.08. The van der Waals surface area contributed by atoms with Gasteiger partial charge in [-0.25, -0.2) is 0 Å². The Morgan fingerprint density at radius 2 is 1.96 bits per heavy atom. The first-order valence-corrected chi connectivity index (χ1v) is 8.69. The van der Waals surface area contributed by atoms with Crippen LogP contribution in [0.4, 0.5) is 0 Å². The van der Waals surface area contributed by atoms with Gasteiger partial charge in [0, 0.05) is 24.2 Å². The van der Waals surface area contributed by atoms with E-state index >= 15 is 0 Å². The van der Waals surface area contributed by atoms with Crippen molar-refractivity contribution < 1.29 is 14.3 Å². The second-order valence-corrected chi connectivity index (χ2v) is 6.08. The number of carbonyl (C=O) groups excluding carboxylic acids is 1. The number of alkyl halides is 1. The zero-order chi connectivity index (χ0) is 17.6. The van der Waals surface area contributed by atoms with E-state index in [0.29, 0.717) is 29.5 Å². The molecule has 2 aromatic carbocycles. The van der Waals surface area contributed by atoms with Crippen LogP contribution in [0.2, 0.25) is 0 Å². The highest BCUT2D eigenvalue weighted by Crippen LogP contribution is 2.38. The maximum absolute atomic E-state index is 11.6. The summed E-state index contributed by atoms with van der Waals surface area (Å²) < 4.78 is 13.6. The third kappa shape index (κ3) is 3.64. The average molecular weight is 358 g/mol. The molecular formula is C20H20ClNO3. The van der Waals surface area contributed by atoms with Crippen LogP contribution in [0.5, 0.6) is 11.5 Å². The summed E-state index contributed by atoms with van der Waals surface area (Å²) in [6.45, 7) is 1.15. The summed E-state index contributed by atoms with van der Waals surface area (Å²) in [5, 5.41) is 0.778. The van der Waals surface area contributed by atoms with E-state index in [1.54, 1.807) is 7.11 Å². The summed E-state index contributed by atoms with van der Waals surface area (Å²) in [6.07, 6.45) is 3.53. The minimum atomic E-state index is 0.404. The minimum absolute atomic E-state index is 0.404. The van der Waals surface area contributed by atoms with E-state index in [1.165, 1.54) is 0 Å². The first-order valence-electron chi connectivity index (χ1n) is 8.16. The number of hydrogen-bond donors (Lipinski definition) is 0. The van der Waals surface area contributed by atoms with Gasteiger partial charge in [-0.3, -0.25) is 4.79 Å². The fourth-order valence-electron chi connectivity index (χ4n) is 2.91. The van der Waals surface area contributed by atoms with Crippen molar-refractivity contribution in [2.75, 3.05) is 13.0 Å². The number of carbonyl (C=O) groups is 1. The Kier molecular flexibility index (Phi) is 5.61. The number of fused-ring (bicyclic) bond motifs is 1. The molecule has 1 aromatic heterocycles. The van der Waals surface area contributed by atoms with Crippen molar-refractivity contribution in [2.24, 2.45) is 0 Å². The summed E-state index contributed by atoms with van der Waals surface area (Å²) in [5.74, 6) is 1.78. The number of aryl methyl sites for hydroxylation is 1. The molecular weight excluding hydrogens is 338 g/mol. The number of aldehydes is 1. The maximum atomic E-state index is 11.6. The van der Waals surface area contributed by atoms with Crippen molar-refractivity contribution in [1.29, 1.82) is 0 Å². The molecule has 0 spiro atoms. The molecule has 0 N–H and O–H groups in total. The Morgan fingerprint density at radius 1 is 1.16 bits per heavy atom. The van der Waals surface area contributed by atoms with Gasteiger partial charge in [0.15, 0.2) is 17.8 Å². The fourth-order valence-corrected chi connectivity index (χ4v) is 3.03. The van der Waals surface area contributed by atoms with E-state index in [-0.39, 0.29) is 0 Å². The van der Waals surface area contributed by atoms with Gasteiger partial charge in [-0.1, -0.05) is 30.3 Å². The Bertz CT molecular complexity index is 858. The summed E-state index contributed by atoms with van der Waals surface area (Å²) in [5.41, 5.74) is 2.58. The van der Waals surface area contributed by atoms with Crippen LogP contribution >= 0.6 is 11.6 Å². The molecule has 0 aliphatic carbocycles. The number of nitrogens with zero attached hydrogens (tertiary/aromatic N) is 1. The quantitative estimate of drug-likeness (QED) is 0.434. The van der Waals surface area contributed by atoms with Gasteiger partial charge in [0.1, 0.15) is 6.61 Å². The van der Waals surface area contributed by atoms with Gasteiger partial charge >= 0.3 is 0 Å². The number of hydrogen-bond acceptors (Lipinski definition) is 3. The number of ether oxygens (including phenoxy) is 2. The molecule has 0 saturated carbocycles. The summed E-state index contributed by atoms with van der Waals surface area (Å²) in [6, 6.07) is 13.7. The monoisotopic (exact) mass is 357 g/mol. The van der Waals surface area contributed by atoms with Gasteiger partial charge < -0.3 is 14.0 Å². The van der Waals surface area contributed by atoms with Crippen LogP contribution in [0, 0.1) is 0 Å². The molecule has 25 heavy (non-hydrogen) atoms. The molecule has 3 rings (SSSR count). The van der Waals surface area contributed by atoms with Crippen molar-refractivity contribution in [3.05, 3.63) is 59.8 Å². The van der Waals surface area contributed by atoms with Crippen molar-refractivity contribution in [2.45, 2.75) is 19.6 Å². The third-order valence-corrected chi connectivity index (χ3v) is 4.37. The van der Waals surface area contributed by atoms with Crippen LogP contribution in [0.1, 0.15) is 22.3 Å². The van der Waals surface area contributed by atoms with Gasteiger partial charge in [0.2, 0.25) is 0 Å². The zero-order valence-corrected chi connectivity index (χ0v) is 14.8. The average Bonchev–Trinajstić information content (AvgIpc) is 3.03. The lowest BCUT2D eigenvalue weighted by Gasteiger charge is -2.13. The van der Waals surface area contributed by atoms with Gasteiger partial charge in [-0.15, -0.1) is 11.6 Å². The van der Waals surface area contributed by atoms with Crippen LogP contribution in [-0.4, -0.2) is 23.8 Å². The normalized spacial score (nSPS) is 10.8. The van der Waals surface area contributed by atoms with E-state index in [0.717, 1.165) is 35.7 Å². The molecule has 5 heteroatoms. The molecule has 0 bridgehead atoms. The molecule has 4 nitrogen and oxygen atoms in total. The topological polar surface area (TPSA) is 40.5 Å². The number of benzene rings is 2. The number of aromatic nitrogens is 1. The fraction of sp³-hybridized carbons (Fsp3) is 0.250. The predicted molar refractivity (Wildman–Crippen MR) is 100.0 cm³/mol. The van der Waals surface area contributed by atoms with E-state index in [2.05, 4.69) is 0 Å². The van der Waals surface area contributed by atoms with Gasteiger partial charge in [-0.05, 0) is 24.1 Å². The molecule has 0 saturated heterocycles. The molecule has 0 amide bonds. The summed E-state index contributed by atoms with van der Waals surface area (Å²) in [4.78, 5) is 11.6. The van der Waals surface area contributed by atoms with E-state index in [9.17, 15) is 4.79 Å². The van der Waals surface area contributed by atoms with E-state index in [1.807, 2.05) is 53.2 Å². The SMILES string of the molecule is COc1ccc2c(c(C=O)cn2CCCCl)c1OCc1ccccc1. The van der Waals surface area contributed by atoms with Crippen LogP contribution in [-0.2, 0) is 13.2 Å². The molecule has 0 aliphatic rings. The predicted octanol–water partition coefficient (Wildman–Crippen LogP) is 4.67. The van der Waals surface area contributed by atoms with Crippen LogP contribution in [0.25, 0.3) is 10.9 Å². The highest BCUT2D eigenvalue weighted by atomic mass is 35.5. The highest BCUT2D eigenvalue weighted by Gasteiger charge is 2.17. The van der Waals surface area contributed by atoms with E-state index < -0.39 is 0 Å². The lowest BCUT2D eigenvalue weighted by Crippen LogP contribution is -2.00. The Labute approximate surface area is 151 Å². The van der Waals surface area contributed by atoms with Crippen LogP contribution in [0.15, 0.2) is 48.7 Å². The van der Waals surface area contributed by atoms with Crippen LogP contribution in [0.3, 0.4) is 0 Å². The Morgan fingerprint density at radius 3 is 2.64 bits per heavy atom. The zero-order valence-electron chi connectivity index (χ0n) is 14.1. The summed E-state index contributed by atoms with van der Waals surface area (Å²) in [7, 11) is 1.60. The molecule has 3 aromatic rings. The summed E-state index contributed by atoms with van der Waals surface area (Å²) >= 11 is 5.81. The number of halogens is 1. The van der Waals surface area contributed by atoms with Crippen LogP contribution < -0.4 is 9.47 Å². The molecule has 0 unspecified atom stereocenters. The van der Waals surface area contributed by atoms with Gasteiger partial charge in [0.25, 0.3) is 0 Å². The smallest absolute Gasteiger partial charge is 0.171 e. The molecule has 0 aliphatic heterocycles. The van der Waals surface area contributed by atoms with Crippen molar-refractivity contribution >= 4 is 28.8 Å². The van der Waals surface area contributed by atoms with Crippen molar-refractivity contribution in [3.63, 3.8) is 0 Å². The first kappa shape index (κ1) is 17.4. The lowest BCUT2D eigenvalue weighted by molar-refractivity contribution is 0.112. The second-order valence-electron chi connectivity index (χ2n) is 5.70. The lowest BCUT2D eigenvalue weighted by atomic mass is 10.1. The van der Waals surface area contributed by atoms with Gasteiger partial charge in [-0.2, -0.15) is 0 Å². The minimum Gasteiger partial charge on any atom is -0.493 e. The molecule has 0 fully saturated rings. The molecule has 1 heterocycles. The van der Waals surface area contributed by atoms with E-state index in [4.69, 9.17) is 21.1 Å². The standard InChI is InChI=1S/C20H20ClNO3/c1-24-18-9-8-17-19(16(13-23)12-22(17)11-5-10-21)20(18)25-14-15-6-3-2-4-7-15/h2-4,6-9,12-13H,5,10-11,14H2,1H3. The van der Waals surface area contributed by atoms with Gasteiger partial charge in [0.05, 0.1) is 18.0 Å². The highest BCUT2D eigenvalue weighted by molar-refractivity contribution is 6.17. The number of rotatable bonds is 8. The molecule has 130 valence electrons. The Hall–Kier alpha value is -2.46. The molecule has 0 radical (unpaired) electrons. The first-order chi connectivity index (χ1) is 12.3. The van der Waals surface area contributed by atoms with Crippen molar-refractivity contribution in [1.82, 2.24) is 4.57 Å². The molecule has 0 atom stereocenters. The number of methoxy groups -OCH3 is 1. The third-order valence-electron chi connectivity index (χ3n) is 4.10. The maximum Gasteiger partial charge on any atom is 0.171 e. The Balaban J connectivity index is 2.04. The van der Waals surface area contributed by atoms with Crippen molar-refractivity contribution in [3.8, 4) is 11.5 Å². The largest absolute Gasteiger partial charge is 0.493 e.